The molecular weight excluding hydrogens is 330 g/mol. The maximum atomic E-state index is 13.0. The Kier molecular flexibility index (Phi) is 4.05. The van der Waals surface area contributed by atoms with Gasteiger partial charge < -0.3 is 4.90 Å². The first kappa shape index (κ1) is 15.3. The van der Waals surface area contributed by atoms with Crippen molar-refractivity contribution in [3.63, 3.8) is 0 Å². The van der Waals surface area contributed by atoms with Gasteiger partial charge >= 0.3 is 0 Å². The number of piperidine rings is 1. The second-order valence-corrected chi connectivity index (χ2v) is 6.41. The Bertz CT molecular complexity index is 756. The number of carbonyl (C=O) groups excluding carboxylic acids is 1. The largest absolute Gasteiger partial charge is 0.341 e. The zero-order chi connectivity index (χ0) is 16.5. The minimum Gasteiger partial charge on any atom is -0.341 e. The van der Waals surface area contributed by atoms with Crippen molar-refractivity contribution in [2.24, 2.45) is 0 Å². The number of aromatic nitrogens is 5. The summed E-state index contributed by atoms with van der Waals surface area (Å²) in [7, 11) is 0. The zero-order valence-corrected chi connectivity index (χ0v) is 14.0. The van der Waals surface area contributed by atoms with Crippen LogP contribution >= 0.6 is 11.6 Å². The lowest BCUT2D eigenvalue weighted by Crippen LogP contribution is -2.39. The van der Waals surface area contributed by atoms with Gasteiger partial charge in [0.1, 0.15) is 6.33 Å². The van der Waals surface area contributed by atoms with Crippen LogP contribution in [0.15, 0.2) is 12.5 Å². The molecular formula is C15H18ClN7O. The molecule has 4 rings (SSSR count). The number of carbonyl (C=O) groups is 1. The molecule has 2 aromatic rings. The molecule has 0 saturated carbocycles. The van der Waals surface area contributed by atoms with Crippen LogP contribution in [0.2, 0.25) is 5.02 Å². The first-order valence-corrected chi connectivity index (χ1v) is 8.59. The minimum atomic E-state index is -0.255. The van der Waals surface area contributed by atoms with Gasteiger partial charge in [0, 0.05) is 26.2 Å². The van der Waals surface area contributed by atoms with E-state index in [-0.39, 0.29) is 16.6 Å². The number of hydrogen-bond acceptors (Lipinski definition) is 6. The molecule has 2 aromatic heterocycles. The summed E-state index contributed by atoms with van der Waals surface area (Å²) < 4.78 is 1.72. The molecule has 9 heteroatoms. The van der Waals surface area contributed by atoms with E-state index in [2.05, 4.69) is 25.0 Å². The van der Waals surface area contributed by atoms with Crippen molar-refractivity contribution in [3.05, 3.63) is 23.2 Å². The zero-order valence-electron chi connectivity index (χ0n) is 13.2. The summed E-state index contributed by atoms with van der Waals surface area (Å²) >= 11 is 6.22. The Morgan fingerprint density at radius 2 is 1.88 bits per heavy atom. The van der Waals surface area contributed by atoms with Crippen molar-refractivity contribution in [1.29, 1.82) is 0 Å². The van der Waals surface area contributed by atoms with E-state index < -0.39 is 0 Å². The highest BCUT2D eigenvalue weighted by Crippen LogP contribution is 2.24. The van der Waals surface area contributed by atoms with Crippen LogP contribution < -0.4 is 9.80 Å². The van der Waals surface area contributed by atoms with Crippen molar-refractivity contribution >= 4 is 29.4 Å². The molecule has 1 saturated heterocycles. The first-order valence-electron chi connectivity index (χ1n) is 8.21. The number of amides is 1. The van der Waals surface area contributed by atoms with Crippen LogP contribution in [0, 0.1) is 0 Å². The Morgan fingerprint density at radius 3 is 2.71 bits per heavy atom. The maximum Gasteiger partial charge on any atom is 0.280 e. The van der Waals surface area contributed by atoms with Gasteiger partial charge in [0.25, 0.3) is 5.91 Å². The third-order valence-electron chi connectivity index (χ3n) is 4.41. The van der Waals surface area contributed by atoms with Crippen molar-refractivity contribution < 1.29 is 4.79 Å². The Labute approximate surface area is 144 Å². The van der Waals surface area contributed by atoms with Gasteiger partial charge in [0.2, 0.25) is 11.9 Å². The molecule has 0 spiro atoms. The summed E-state index contributed by atoms with van der Waals surface area (Å²) in [5.41, 5.74) is 0.226. The summed E-state index contributed by atoms with van der Waals surface area (Å²) in [5.74, 6) is 0.857. The van der Waals surface area contributed by atoms with E-state index in [0.717, 1.165) is 38.9 Å². The quantitative estimate of drug-likeness (QED) is 0.823. The normalized spacial score (nSPS) is 17.7. The second-order valence-electron chi connectivity index (χ2n) is 6.01. The number of hydrogen-bond donors (Lipinski definition) is 0. The van der Waals surface area contributed by atoms with E-state index in [1.807, 2.05) is 0 Å². The van der Waals surface area contributed by atoms with Gasteiger partial charge in [0.05, 0.1) is 11.2 Å². The Morgan fingerprint density at radius 1 is 1.04 bits per heavy atom. The fraction of sp³-hybridized carbons (Fsp3) is 0.533. The number of rotatable bonds is 2. The molecule has 0 aromatic carbocycles. The third-order valence-corrected chi connectivity index (χ3v) is 4.68. The van der Waals surface area contributed by atoms with Gasteiger partial charge in [-0.15, -0.1) is 0 Å². The Hall–Kier alpha value is -2.22. The monoisotopic (exact) mass is 347 g/mol. The van der Waals surface area contributed by atoms with Crippen LogP contribution in [0.3, 0.4) is 0 Å². The van der Waals surface area contributed by atoms with Crippen LogP contribution in [0.4, 0.5) is 11.9 Å². The van der Waals surface area contributed by atoms with Gasteiger partial charge in [-0.2, -0.15) is 10.1 Å². The van der Waals surface area contributed by atoms with E-state index in [1.165, 1.54) is 18.9 Å². The average Bonchev–Trinajstić information content (AvgIpc) is 3.11. The molecule has 24 heavy (non-hydrogen) atoms. The molecule has 2 aliphatic heterocycles. The summed E-state index contributed by atoms with van der Waals surface area (Å²) in [6.07, 6.45) is 7.25. The lowest BCUT2D eigenvalue weighted by molar-refractivity contribution is 0.0975. The van der Waals surface area contributed by atoms with Gasteiger partial charge in [0.15, 0.2) is 5.69 Å². The maximum absolute atomic E-state index is 13.0. The van der Waals surface area contributed by atoms with Crippen molar-refractivity contribution in [3.8, 4) is 0 Å². The molecule has 8 nitrogen and oxygen atoms in total. The number of halogens is 1. The van der Waals surface area contributed by atoms with E-state index in [0.29, 0.717) is 18.4 Å². The summed E-state index contributed by atoms with van der Waals surface area (Å²) in [6.45, 7) is 3.16. The molecule has 126 valence electrons. The van der Waals surface area contributed by atoms with E-state index >= 15 is 0 Å². The standard InChI is InChI=1S/C15H18ClN7O/c16-11-9-17-14(21-5-2-1-3-6-21)20-12(11)13(24)22-7-4-8-23-15(22)18-10-19-23/h9-10H,1-8H2. The van der Waals surface area contributed by atoms with Crippen LogP contribution in [-0.2, 0) is 6.54 Å². The summed E-state index contributed by atoms with van der Waals surface area (Å²) in [6, 6.07) is 0. The number of nitrogens with zero attached hydrogens (tertiary/aromatic N) is 7. The summed E-state index contributed by atoms with van der Waals surface area (Å²) in [5, 5.41) is 4.40. The fourth-order valence-corrected chi connectivity index (χ4v) is 3.35. The predicted molar refractivity (Wildman–Crippen MR) is 89.4 cm³/mol. The molecule has 0 N–H and O–H groups in total. The highest BCUT2D eigenvalue weighted by atomic mass is 35.5. The van der Waals surface area contributed by atoms with Crippen molar-refractivity contribution in [2.75, 3.05) is 29.4 Å². The lowest BCUT2D eigenvalue weighted by atomic mass is 10.1. The summed E-state index contributed by atoms with van der Waals surface area (Å²) in [4.78, 5) is 29.6. The molecule has 1 fully saturated rings. The SMILES string of the molecule is O=C(c1nc(N2CCCCC2)ncc1Cl)N1CCCn2ncnc21. The molecule has 0 bridgehead atoms. The van der Waals surface area contributed by atoms with E-state index in [9.17, 15) is 4.79 Å². The number of aryl methyl sites for hydroxylation is 1. The van der Waals surface area contributed by atoms with Gasteiger partial charge in [-0.3, -0.25) is 9.69 Å². The Balaban J connectivity index is 1.65. The van der Waals surface area contributed by atoms with E-state index in [4.69, 9.17) is 11.6 Å². The highest BCUT2D eigenvalue weighted by molar-refractivity contribution is 6.34. The topological polar surface area (TPSA) is 80.0 Å². The smallest absolute Gasteiger partial charge is 0.280 e. The van der Waals surface area contributed by atoms with Gasteiger partial charge in [-0.25, -0.2) is 14.6 Å². The molecule has 2 aliphatic rings. The minimum absolute atomic E-state index is 0.226. The van der Waals surface area contributed by atoms with E-state index in [1.54, 1.807) is 9.58 Å². The second kappa shape index (κ2) is 6.35. The van der Waals surface area contributed by atoms with Crippen LogP contribution in [-0.4, -0.2) is 50.3 Å². The first-order chi connectivity index (χ1) is 11.7. The van der Waals surface area contributed by atoms with Crippen LogP contribution in [0.25, 0.3) is 0 Å². The molecule has 0 radical (unpaired) electrons. The molecule has 0 unspecified atom stereocenters. The number of fused-ring (bicyclic) bond motifs is 1. The molecule has 4 heterocycles. The molecule has 0 aliphatic carbocycles. The molecule has 1 amide bonds. The number of anilines is 2. The third kappa shape index (κ3) is 2.71. The fourth-order valence-electron chi connectivity index (χ4n) is 3.18. The highest BCUT2D eigenvalue weighted by Gasteiger charge is 2.29. The lowest BCUT2D eigenvalue weighted by Gasteiger charge is -2.28. The molecule has 0 atom stereocenters. The van der Waals surface area contributed by atoms with Crippen molar-refractivity contribution in [1.82, 2.24) is 24.7 Å². The van der Waals surface area contributed by atoms with Crippen LogP contribution in [0.1, 0.15) is 36.2 Å². The van der Waals surface area contributed by atoms with Crippen LogP contribution in [0.5, 0.6) is 0 Å². The van der Waals surface area contributed by atoms with Gasteiger partial charge in [-0.05, 0) is 25.7 Å². The van der Waals surface area contributed by atoms with Crippen molar-refractivity contribution in [2.45, 2.75) is 32.2 Å². The predicted octanol–water partition coefficient (Wildman–Crippen LogP) is 1.76. The van der Waals surface area contributed by atoms with Gasteiger partial charge in [-0.1, -0.05) is 11.6 Å². The average molecular weight is 348 g/mol.